The lowest BCUT2D eigenvalue weighted by Crippen LogP contribution is -2.28. The Labute approximate surface area is 98.5 Å². The summed E-state index contributed by atoms with van der Waals surface area (Å²) in [4.78, 5) is 0. The molecule has 0 bridgehead atoms. The lowest BCUT2D eigenvalue weighted by molar-refractivity contribution is 0.458. The van der Waals surface area contributed by atoms with E-state index < -0.39 is 0 Å². The van der Waals surface area contributed by atoms with Crippen LogP contribution in [0.15, 0.2) is 18.9 Å². The Morgan fingerprint density at radius 2 is 2.25 bits per heavy atom. The molecular weight excluding hydrogens is 198 g/mol. The van der Waals surface area contributed by atoms with Crippen molar-refractivity contribution in [2.75, 3.05) is 0 Å². The molecule has 0 radical (unpaired) electrons. The first-order valence-electron chi connectivity index (χ1n) is 5.91. The van der Waals surface area contributed by atoms with Gasteiger partial charge in [-0.25, -0.2) is 0 Å². The van der Waals surface area contributed by atoms with Crippen molar-refractivity contribution in [2.24, 2.45) is 7.05 Å². The van der Waals surface area contributed by atoms with E-state index >= 15 is 0 Å². The summed E-state index contributed by atoms with van der Waals surface area (Å²) in [5.74, 6) is 0. The van der Waals surface area contributed by atoms with Gasteiger partial charge in [-0.15, -0.1) is 6.58 Å². The van der Waals surface area contributed by atoms with Gasteiger partial charge in [0.25, 0.3) is 0 Å². The number of aromatic nitrogens is 2. The van der Waals surface area contributed by atoms with Gasteiger partial charge in [-0.1, -0.05) is 6.08 Å². The Kier molecular flexibility index (Phi) is 4.74. The highest BCUT2D eigenvalue weighted by atomic mass is 15.3. The molecule has 1 N–H and O–H groups in total. The number of nitrogens with one attached hydrogen (secondary N) is 1. The monoisotopic (exact) mass is 221 g/mol. The number of rotatable bonds is 6. The highest BCUT2D eigenvalue weighted by molar-refractivity contribution is 5.19. The van der Waals surface area contributed by atoms with Gasteiger partial charge in [0.2, 0.25) is 0 Å². The highest BCUT2D eigenvalue weighted by Crippen LogP contribution is 2.16. The SMILES string of the molecule is C=CCCC(C)NC(C)c1cn(C)nc1C. The van der Waals surface area contributed by atoms with Gasteiger partial charge in [-0.2, -0.15) is 5.10 Å². The molecule has 0 saturated carbocycles. The summed E-state index contributed by atoms with van der Waals surface area (Å²) in [6, 6.07) is 0.862. The molecule has 0 aliphatic heterocycles. The molecule has 16 heavy (non-hydrogen) atoms. The van der Waals surface area contributed by atoms with E-state index in [1.165, 1.54) is 5.56 Å². The van der Waals surface area contributed by atoms with Gasteiger partial charge in [-0.3, -0.25) is 4.68 Å². The van der Waals surface area contributed by atoms with Crippen molar-refractivity contribution >= 4 is 0 Å². The van der Waals surface area contributed by atoms with E-state index in [9.17, 15) is 0 Å². The van der Waals surface area contributed by atoms with Gasteiger partial charge in [0.1, 0.15) is 0 Å². The molecule has 1 heterocycles. The van der Waals surface area contributed by atoms with E-state index in [0.29, 0.717) is 12.1 Å². The first-order valence-corrected chi connectivity index (χ1v) is 5.91. The van der Waals surface area contributed by atoms with E-state index in [0.717, 1.165) is 18.5 Å². The van der Waals surface area contributed by atoms with Gasteiger partial charge >= 0.3 is 0 Å². The molecule has 3 nitrogen and oxygen atoms in total. The summed E-state index contributed by atoms with van der Waals surface area (Å²) in [5, 5.41) is 7.95. The largest absolute Gasteiger partial charge is 0.308 e. The molecule has 1 aromatic heterocycles. The molecule has 0 amide bonds. The lowest BCUT2D eigenvalue weighted by Gasteiger charge is -2.19. The minimum Gasteiger partial charge on any atom is -0.308 e. The summed E-state index contributed by atoms with van der Waals surface area (Å²) in [7, 11) is 1.96. The van der Waals surface area contributed by atoms with E-state index in [-0.39, 0.29) is 0 Å². The second kappa shape index (κ2) is 5.85. The molecule has 0 saturated heterocycles. The van der Waals surface area contributed by atoms with Crippen LogP contribution in [0.2, 0.25) is 0 Å². The minimum absolute atomic E-state index is 0.355. The van der Waals surface area contributed by atoms with Gasteiger partial charge in [0.15, 0.2) is 0 Å². The van der Waals surface area contributed by atoms with Crippen LogP contribution < -0.4 is 5.32 Å². The van der Waals surface area contributed by atoms with Crippen molar-refractivity contribution in [3.63, 3.8) is 0 Å². The molecular formula is C13H23N3. The summed E-state index contributed by atoms with van der Waals surface area (Å²) in [6.45, 7) is 10.2. The van der Waals surface area contributed by atoms with Gasteiger partial charge in [0, 0.05) is 30.9 Å². The average molecular weight is 221 g/mol. The molecule has 0 spiro atoms. The summed E-state index contributed by atoms with van der Waals surface area (Å²) in [6.07, 6.45) is 6.26. The van der Waals surface area contributed by atoms with Crippen LogP contribution in [-0.2, 0) is 7.05 Å². The summed E-state index contributed by atoms with van der Waals surface area (Å²) >= 11 is 0. The maximum absolute atomic E-state index is 4.36. The third kappa shape index (κ3) is 3.49. The Balaban J connectivity index is 2.54. The lowest BCUT2D eigenvalue weighted by atomic mass is 10.1. The number of allylic oxidation sites excluding steroid dienone is 1. The molecule has 1 aromatic rings. The van der Waals surface area contributed by atoms with Crippen molar-refractivity contribution in [3.05, 3.63) is 30.1 Å². The predicted octanol–water partition coefficient (Wildman–Crippen LogP) is 2.73. The quantitative estimate of drug-likeness (QED) is 0.749. The predicted molar refractivity (Wildman–Crippen MR) is 68.4 cm³/mol. The molecule has 90 valence electrons. The fraction of sp³-hybridized carbons (Fsp3) is 0.615. The molecule has 2 atom stereocenters. The molecule has 2 unspecified atom stereocenters. The van der Waals surface area contributed by atoms with Crippen molar-refractivity contribution in [1.82, 2.24) is 15.1 Å². The van der Waals surface area contributed by atoms with E-state index in [2.05, 4.69) is 44.0 Å². The Morgan fingerprint density at radius 1 is 1.56 bits per heavy atom. The third-order valence-electron chi connectivity index (χ3n) is 2.86. The first kappa shape index (κ1) is 13.0. The maximum atomic E-state index is 4.36. The van der Waals surface area contributed by atoms with E-state index in [1.807, 2.05) is 17.8 Å². The van der Waals surface area contributed by atoms with Gasteiger partial charge in [0.05, 0.1) is 5.69 Å². The maximum Gasteiger partial charge on any atom is 0.0641 e. The van der Waals surface area contributed by atoms with Crippen molar-refractivity contribution in [2.45, 2.75) is 45.7 Å². The van der Waals surface area contributed by atoms with Crippen molar-refractivity contribution in [1.29, 1.82) is 0 Å². The zero-order valence-electron chi connectivity index (χ0n) is 10.8. The van der Waals surface area contributed by atoms with Crippen LogP contribution >= 0.6 is 0 Å². The Bertz CT molecular complexity index is 341. The van der Waals surface area contributed by atoms with Crippen LogP contribution in [0.3, 0.4) is 0 Å². The highest BCUT2D eigenvalue weighted by Gasteiger charge is 2.13. The second-order valence-electron chi connectivity index (χ2n) is 4.50. The fourth-order valence-corrected chi connectivity index (χ4v) is 2.01. The number of aryl methyl sites for hydroxylation is 2. The molecule has 1 rings (SSSR count). The Hall–Kier alpha value is -1.09. The zero-order valence-corrected chi connectivity index (χ0v) is 10.8. The van der Waals surface area contributed by atoms with Crippen LogP contribution in [0.4, 0.5) is 0 Å². The molecule has 0 aliphatic rings. The molecule has 0 aliphatic carbocycles. The van der Waals surface area contributed by atoms with E-state index in [4.69, 9.17) is 0 Å². The van der Waals surface area contributed by atoms with Crippen LogP contribution in [0.5, 0.6) is 0 Å². The van der Waals surface area contributed by atoms with E-state index in [1.54, 1.807) is 0 Å². The molecule has 0 fully saturated rings. The van der Waals surface area contributed by atoms with Crippen molar-refractivity contribution < 1.29 is 0 Å². The number of nitrogens with zero attached hydrogens (tertiary/aromatic N) is 2. The average Bonchev–Trinajstić information content (AvgIpc) is 2.54. The first-order chi connectivity index (χ1) is 7.54. The number of hydrogen-bond acceptors (Lipinski definition) is 2. The van der Waals surface area contributed by atoms with Crippen molar-refractivity contribution in [3.8, 4) is 0 Å². The van der Waals surface area contributed by atoms with Gasteiger partial charge < -0.3 is 5.32 Å². The van der Waals surface area contributed by atoms with Crippen LogP contribution in [0, 0.1) is 6.92 Å². The topological polar surface area (TPSA) is 29.9 Å². The zero-order chi connectivity index (χ0) is 12.1. The Morgan fingerprint density at radius 3 is 2.75 bits per heavy atom. The molecule has 3 heteroatoms. The standard InChI is InChI=1S/C13H23N3/c1-6-7-8-10(2)14-11(3)13-9-16(5)15-12(13)4/h6,9-11,14H,1,7-8H2,2-5H3. The summed E-state index contributed by atoms with van der Waals surface area (Å²) < 4.78 is 1.87. The van der Waals surface area contributed by atoms with Gasteiger partial charge in [-0.05, 0) is 33.6 Å². The molecule has 0 aromatic carbocycles. The summed E-state index contributed by atoms with van der Waals surface area (Å²) in [5.41, 5.74) is 2.39. The smallest absolute Gasteiger partial charge is 0.0641 e. The third-order valence-corrected chi connectivity index (χ3v) is 2.86. The second-order valence-corrected chi connectivity index (χ2v) is 4.50. The normalized spacial score (nSPS) is 14.8. The van der Waals surface area contributed by atoms with Crippen LogP contribution in [0.25, 0.3) is 0 Å². The number of hydrogen-bond donors (Lipinski definition) is 1. The van der Waals surface area contributed by atoms with Crippen LogP contribution in [-0.4, -0.2) is 15.8 Å². The minimum atomic E-state index is 0.355. The fourth-order valence-electron chi connectivity index (χ4n) is 2.01. The van der Waals surface area contributed by atoms with Crippen LogP contribution in [0.1, 0.15) is 44.0 Å².